The number of rotatable bonds is 6. The second-order valence-electron chi connectivity index (χ2n) is 5.47. The largest absolute Gasteiger partial charge is 0.376 e. The Balaban J connectivity index is 1.78. The predicted octanol–water partition coefficient (Wildman–Crippen LogP) is 4.03. The average molecular weight is 330 g/mol. The maximum absolute atomic E-state index is 11.7. The molecule has 0 heterocycles. The van der Waals surface area contributed by atoms with Gasteiger partial charge in [0.1, 0.15) is 0 Å². The molecule has 0 unspecified atom stereocenters. The van der Waals surface area contributed by atoms with Gasteiger partial charge in [-0.2, -0.15) is 5.10 Å². The highest BCUT2D eigenvalue weighted by Gasteiger charge is 2.00. The number of halogens is 1. The lowest BCUT2D eigenvalue weighted by Gasteiger charge is -2.05. The Morgan fingerprint density at radius 2 is 1.78 bits per heavy atom. The smallest absolute Gasteiger partial charge is 0.259 e. The Kier molecular flexibility index (Phi) is 6.18. The highest BCUT2D eigenvalue weighted by Crippen LogP contribution is 2.14. The van der Waals surface area contributed by atoms with Gasteiger partial charge in [-0.25, -0.2) is 5.43 Å². The van der Waals surface area contributed by atoms with Crippen LogP contribution in [0.5, 0.6) is 0 Å². The van der Waals surface area contributed by atoms with Gasteiger partial charge < -0.3 is 5.32 Å². The van der Waals surface area contributed by atoms with E-state index < -0.39 is 0 Å². The molecule has 0 saturated carbocycles. The SMILES string of the molecule is CC(C)c1ccc(/C=N/NC(=O)CNc2ccc(Cl)cc2)cc1. The van der Waals surface area contributed by atoms with Crippen LogP contribution < -0.4 is 10.7 Å². The van der Waals surface area contributed by atoms with Gasteiger partial charge in [0.2, 0.25) is 0 Å². The second-order valence-corrected chi connectivity index (χ2v) is 5.91. The van der Waals surface area contributed by atoms with Crippen molar-refractivity contribution in [3.05, 3.63) is 64.7 Å². The third kappa shape index (κ3) is 5.75. The molecule has 1 amide bonds. The number of hydrogen-bond acceptors (Lipinski definition) is 3. The highest BCUT2D eigenvalue weighted by molar-refractivity contribution is 6.30. The molecule has 0 fully saturated rings. The minimum Gasteiger partial charge on any atom is -0.376 e. The fourth-order valence-corrected chi connectivity index (χ4v) is 2.06. The van der Waals surface area contributed by atoms with Crippen LogP contribution in [-0.2, 0) is 4.79 Å². The molecular formula is C18H20ClN3O. The third-order valence-electron chi connectivity index (χ3n) is 3.30. The summed E-state index contributed by atoms with van der Waals surface area (Å²) >= 11 is 5.80. The molecule has 0 aliphatic heterocycles. The highest BCUT2D eigenvalue weighted by atomic mass is 35.5. The molecule has 0 spiro atoms. The molecule has 120 valence electrons. The van der Waals surface area contributed by atoms with Crippen molar-refractivity contribution in [1.82, 2.24) is 5.43 Å². The lowest BCUT2D eigenvalue weighted by atomic mass is 10.0. The Morgan fingerprint density at radius 3 is 2.39 bits per heavy atom. The van der Waals surface area contributed by atoms with Crippen molar-refractivity contribution < 1.29 is 4.79 Å². The van der Waals surface area contributed by atoms with E-state index in [9.17, 15) is 4.79 Å². The summed E-state index contributed by atoms with van der Waals surface area (Å²) in [6.45, 7) is 4.44. The van der Waals surface area contributed by atoms with Crippen LogP contribution in [0, 0.1) is 0 Å². The zero-order chi connectivity index (χ0) is 16.7. The van der Waals surface area contributed by atoms with Crippen molar-refractivity contribution in [3.8, 4) is 0 Å². The van der Waals surface area contributed by atoms with Crippen LogP contribution in [-0.4, -0.2) is 18.7 Å². The summed E-state index contributed by atoms with van der Waals surface area (Å²) in [5.41, 5.74) is 5.54. The third-order valence-corrected chi connectivity index (χ3v) is 3.56. The minimum absolute atomic E-state index is 0.144. The van der Waals surface area contributed by atoms with Crippen molar-refractivity contribution in [3.63, 3.8) is 0 Å². The monoisotopic (exact) mass is 329 g/mol. The lowest BCUT2D eigenvalue weighted by Crippen LogP contribution is -2.25. The summed E-state index contributed by atoms with van der Waals surface area (Å²) in [5, 5.41) is 7.61. The molecule has 5 heteroatoms. The van der Waals surface area contributed by atoms with Gasteiger partial charge in [0.25, 0.3) is 5.91 Å². The summed E-state index contributed by atoms with van der Waals surface area (Å²) in [7, 11) is 0. The molecule has 23 heavy (non-hydrogen) atoms. The Labute approximate surface area is 141 Å². The van der Waals surface area contributed by atoms with E-state index >= 15 is 0 Å². The van der Waals surface area contributed by atoms with Crippen molar-refractivity contribution in [1.29, 1.82) is 0 Å². The first-order valence-electron chi connectivity index (χ1n) is 7.46. The molecule has 2 aromatic rings. The number of carbonyl (C=O) groups is 1. The zero-order valence-electron chi connectivity index (χ0n) is 13.2. The van der Waals surface area contributed by atoms with Gasteiger partial charge in [0.05, 0.1) is 12.8 Å². The zero-order valence-corrected chi connectivity index (χ0v) is 14.0. The first-order valence-corrected chi connectivity index (χ1v) is 7.83. The molecule has 2 rings (SSSR count). The summed E-state index contributed by atoms with van der Waals surface area (Å²) in [6, 6.07) is 15.3. The van der Waals surface area contributed by atoms with Crippen LogP contribution in [0.3, 0.4) is 0 Å². The van der Waals surface area contributed by atoms with E-state index in [0.29, 0.717) is 10.9 Å². The number of amides is 1. The predicted molar refractivity (Wildman–Crippen MR) is 96.2 cm³/mol. The van der Waals surface area contributed by atoms with E-state index in [2.05, 4.69) is 41.8 Å². The van der Waals surface area contributed by atoms with E-state index in [1.165, 1.54) is 5.56 Å². The van der Waals surface area contributed by atoms with Gasteiger partial charge in [-0.1, -0.05) is 49.7 Å². The maximum atomic E-state index is 11.7. The molecule has 0 aliphatic carbocycles. The fourth-order valence-electron chi connectivity index (χ4n) is 1.94. The molecule has 2 aromatic carbocycles. The molecule has 4 nitrogen and oxygen atoms in total. The number of hydrogen-bond donors (Lipinski definition) is 2. The van der Waals surface area contributed by atoms with Crippen LogP contribution in [0.25, 0.3) is 0 Å². The number of nitrogens with one attached hydrogen (secondary N) is 2. The lowest BCUT2D eigenvalue weighted by molar-refractivity contribution is -0.119. The summed E-state index contributed by atoms with van der Waals surface area (Å²) in [4.78, 5) is 11.7. The molecule has 0 bridgehead atoms. The summed E-state index contributed by atoms with van der Waals surface area (Å²) in [5.74, 6) is 0.287. The number of nitrogens with zero attached hydrogens (tertiary/aromatic N) is 1. The molecule has 0 aliphatic rings. The number of hydrazone groups is 1. The summed E-state index contributed by atoms with van der Waals surface area (Å²) in [6.07, 6.45) is 1.63. The number of anilines is 1. The summed E-state index contributed by atoms with van der Waals surface area (Å²) < 4.78 is 0. The van der Waals surface area contributed by atoms with E-state index in [1.807, 2.05) is 24.3 Å². The van der Waals surface area contributed by atoms with E-state index in [1.54, 1.807) is 18.3 Å². The van der Waals surface area contributed by atoms with Crippen molar-refractivity contribution in [2.45, 2.75) is 19.8 Å². The molecular weight excluding hydrogens is 310 g/mol. The maximum Gasteiger partial charge on any atom is 0.259 e. The fraction of sp³-hybridized carbons (Fsp3) is 0.222. The first kappa shape index (κ1) is 17.0. The van der Waals surface area contributed by atoms with Crippen LogP contribution in [0.1, 0.15) is 30.9 Å². The van der Waals surface area contributed by atoms with Gasteiger partial charge in [-0.15, -0.1) is 0 Å². The average Bonchev–Trinajstić information content (AvgIpc) is 2.55. The Hall–Kier alpha value is -2.33. The van der Waals surface area contributed by atoms with Crippen LogP contribution in [0.4, 0.5) is 5.69 Å². The second kappa shape index (κ2) is 8.34. The van der Waals surface area contributed by atoms with Crippen LogP contribution in [0.15, 0.2) is 53.6 Å². The molecule has 0 radical (unpaired) electrons. The molecule has 0 aromatic heterocycles. The normalized spacial score (nSPS) is 11.0. The van der Waals surface area contributed by atoms with Crippen molar-refractivity contribution in [2.75, 3.05) is 11.9 Å². The topological polar surface area (TPSA) is 53.5 Å². The van der Waals surface area contributed by atoms with Gasteiger partial charge in [0.15, 0.2) is 0 Å². The van der Waals surface area contributed by atoms with Crippen molar-refractivity contribution in [2.24, 2.45) is 5.10 Å². The Morgan fingerprint density at radius 1 is 1.13 bits per heavy atom. The van der Waals surface area contributed by atoms with Gasteiger partial charge in [-0.3, -0.25) is 4.79 Å². The van der Waals surface area contributed by atoms with Crippen molar-refractivity contribution >= 4 is 29.4 Å². The van der Waals surface area contributed by atoms with Gasteiger partial charge in [0, 0.05) is 10.7 Å². The minimum atomic E-state index is -0.213. The Bertz CT molecular complexity index is 664. The number of benzene rings is 2. The van der Waals surface area contributed by atoms with Gasteiger partial charge in [-0.05, 0) is 41.3 Å². The standard InChI is InChI=1S/C18H20ClN3O/c1-13(2)15-5-3-14(4-6-15)11-21-22-18(23)12-20-17-9-7-16(19)8-10-17/h3-11,13,20H,12H2,1-2H3,(H,22,23)/b21-11+. The van der Waals surface area contributed by atoms with Crippen LogP contribution >= 0.6 is 11.6 Å². The molecule has 0 atom stereocenters. The quantitative estimate of drug-likeness (QED) is 0.621. The van der Waals surface area contributed by atoms with E-state index in [0.717, 1.165) is 11.3 Å². The van der Waals surface area contributed by atoms with Gasteiger partial charge >= 0.3 is 0 Å². The number of carbonyl (C=O) groups excluding carboxylic acids is 1. The van der Waals surface area contributed by atoms with E-state index in [-0.39, 0.29) is 12.5 Å². The molecule has 0 saturated heterocycles. The first-order chi connectivity index (χ1) is 11.0. The van der Waals surface area contributed by atoms with E-state index in [4.69, 9.17) is 11.6 Å². The molecule has 2 N–H and O–H groups in total. The van der Waals surface area contributed by atoms with Crippen LogP contribution in [0.2, 0.25) is 5.02 Å².